The van der Waals surface area contributed by atoms with Crippen LogP contribution in [-0.2, 0) is 0 Å². The Hall–Kier alpha value is -2.27. The molecule has 3 aromatic rings. The van der Waals surface area contributed by atoms with Gasteiger partial charge in [0, 0.05) is 14.7 Å². The van der Waals surface area contributed by atoms with Crippen LogP contribution in [0.5, 0.6) is 0 Å². The van der Waals surface area contributed by atoms with Crippen LogP contribution in [0.15, 0.2) is 83.0 Å². The minimum Gasteiger partial charge on any atom is -0.158 e. The van der Waals surface area contributed by atoms with Crippen LogP contribution in [0.25, 0.3) is 11.1 Å². The van der Waals surface area contributed by atoms with Gasteiger partial charge in [-0.1, -0.05) is 60.7 Å². The lowest BCUT2D eigenvalue weighted by molar-refractivity contribution is 1.25. The van der Waals surface area contributed by atoms with E-state index in [0.717, 1.165) is 22.4 Å². The zero-order valence-electron chi connectivity index (χ0n) is 12.3. The lowest BCUT2D eigenvalue weighted by atomic mass is 10.1. The first-order chi connectivity index (χ1) is 11.3. The number of hydrogen-bond acceptors (Lipinski definition) is 2. The van der Waals surface area contributed by atoms with Gasteiger partial charge in [0.15, 0.2) is 0 Å². The van der Waals surface area contributed by atoms with Crippen molar-refractivity contribution in [1.82, 2.24) is 0 Å². The van der Waals surface area contributed by atoms with Gasteiger partial charge in [-0.25, -0.2) is 0 Å². The standard InChI is InChI=1S/C20H13IN2/c21-15-11-9-14(10-12-15)13-22-23-20-18-7-3-1-5-16(18)17-6-2-4-8-19(17)20/h1-13H/b22-13-. The Morgan fingerprint density at radius 1 is 0.652 bits per heavy atom. The number of nitrogens with zero attached hydrogens (tertiary/aromatic N) is 2. The van der Waals surface area contributed by atoms with Gasteiger partial charge in [0.1, 0.15) is 5.71 Å². The normalized spacial score (nSPS) is 12.3. The van der Waals surface area contributed by atoms with E-state index in [9.17, 15) is 0 Å². The smallest absolute Gasteiger partial charge is 0.101 e. The van der Waals surface area contributed by atoms with Crippen molar-refractivity contribution in [1.29, 1.82) is 0 Å². The van der Waals surface area contributed by atoms with Crippen LogP contribution >= 0.6 is 22.6 Å². The minimum atomic E-state index is 0.943. The second-order valence-electron chi connectivity index (χ2n) is 5.34. The molecule has 0 atom stereocenters. The first-order valence-corrected chi connectivity index (χ1v) is 8.46. The lowest BCUT2D eigenvalue weighted by Gasteiger charge is -1.98. The highest BCUT2D eigenvalue weighted by Crippen LogP contribution is 2.36. The van der Waals surface area contributed by atoms with Gasteiger partial charge in [0.25, 0.3) is 0 Å². The third kappa shape index (κ3) is 2.72. The molecule has 3 heteroatoms. The SMILES string of the molecule is Ic1ccc(/C=N\N=C2c3ccccc3-c3ccccc32)cc1. The first-order valence-electron chi connectivity index (χ1n) is 7.39. The molecule has 0 saturated carbocycles. The zero-order chi connectivity index (χ0) is 15.6. The Bertz CT molecular complexity index is 877. The van der Waals surface area contributed by atoms with Gasteiger partial charge in [-0.2, -0.15) is 5.10 Å². The summed E-state index contributed by atoms with van der Waals surface area (Å²) in [7, 11) is 0. The van der Waals surface area contributed by atoms with E-state index in [1.54, 1.807) is 6.21 Å². The molecule has 1 aliphatic carbocycles. The van der Waals surface area contributed by atoms with Gasteiger partial charge >= 0.3 is 0 Å². The van der Waals surface area contributed by atoms with Crippen molar-refractivity contribution >= 4 is 34.5 Å². The molecule has 1 aliphatic rings. The van der Waals surface area contributed by atoms with E-state index >= 15 is 0 Å². The third-order valence-electron chi connectivity index (χ3n) is 3.89. The molecule has 0 amide bonds. The van der Waals surface area contributed by atoms with Crippen LogP contribution in [-0.4, -0.2) is 11.9 Å². The Balaban J connectivity index is 1.75. The zero-order valence-corrected chi connectivity index (χ0v) is 14.4. The van der Waals surface area contributed by atoms with Crippen LogP contribution in [0.2, 0.25) is 0 Å². The highest BCUT2D eigenvalue weighted by Gasteiger charge is 2.23. The number of benzene rings is 3. The predicted molar refractivity (Wildman–Crippen MR) is 104 cm³/mol. The Morgan fingerprint density at radius 2 is 1.17 bits per heavy atom. The maximum Gasteiger partial charge on any atom is 0.101 e. The molecule has 0 unspecified atom stereocenters. The average Bonchev–Trinajstić information content (AvgIpc) is 2.91. The van der Waals surface area contributed by atoms with Crippen LogP contribution in [0.4, 0.5) is 0 Å². The molecule has 2 nitrogen and oxygen atoms in total. The lowest BCUT2D eigenvalue weighted by Crippen LogP contribution is -1.97. The summed E-state index contributed by atoms with van der Waals surface area (Å²) in [6.07, 6.45) is 1.80. The Kier molecular flexibility index (Phi) is 3.79. The summed E-state index contributed by atoms with van der Waals surface area (Å²) in [5.74, 6) is 0. The summed E-state index contributed by atoms with van der Waals surface area (Å²) >= 11 is 2.29. The molecule has 4 rings (SSSR count). The van der Waals surface area contributed by atoms with Crippen molar-refractivity contribution in [3.05, 3.63) is 93.1 Å². The molecule has 110 valence electrons. The fourth-order valence-electron chi connectivity index (χ4n) is 2.80. The maximum atomic E-state index is 4.51. The summed E-state index contributed by atoms with van der Waals surface area (Å²) in [5.41, 5.74) is 6.74. The van der Waals surface area contributed by atoms with E-state index in [4.69, 9.17) is 0 Å². The largest absolute Gasteiger partial charge is 0.158 e. The molecule has 0 bridgehead atoms. The van der Waals surface area contributed by atoms with Crippen molar-refractivity contribution < 1.29 is 0 Å². The molecule has 0 heterocycles. The molecule has 0 aliphatic heterocycles. The van der Waals surface area contributed by atoms with E-state index in [1.165, 1.54) is 14.7 Å². The van der Waals surface area contributed by atoms with Gasteiger partial charge < -0.3 is 0 Å². The summed E-state index contributed by atoms with van der Waals surface area (Å²) in [5, 5.41) is 8.82. The summed E-state index contributed by atoms with van der Waals surface area (Å²) in [4.78, 5) is 0. The van der Waals surface area contributed by atoms with Gasteiger partial charge in [0.05, 0.1) is 6.21 Å². The maximum absolute atomic E-state index is 4.51. The van der Waals surface area contributed by atoms with Gasteiger partial charge in [-0.05, 0) is 51.4 Å². The van der Waals surface area contributed by atoms with Crippen molar-refractivity contribution in [3.8, 4) is 11.1 Å². The number of rotatable bonds is 2. The van der Waals surface area contributed by atoms with Crippen LogP contribution < -0.4 is 0 Å². The number of hydrogen-bond donors (Lipinski definition) is 0. The molecule has 0 N–H and O–H groups in total. The molecule has 0 spiro atoms. The Morgan fingerprint density at radius 3 is 1.74 bits per heavy atom. The fourth-order valence-corrected chi connectivity index (χ4v) is 3.16. The van der Waals surface area contributed by atoms with Crippen LogP contribution in [0, 0.1) is 3.57 Å². The molecule has 0 fully saturated rings. The predicted octanol–water partition coefficient (Wildman–Crippen LogP) is 5.14. The third-order valence-corrected chi connectivity index (χ3v) is 4.61. The molecule has 0 aromatic heterocycles. The first kappa shape index (κ1) is 14.3. The fraction of sp³-hybridized carbons (Fsp3) is 0. The Labute approximate surface area is 148 Å². The van der Waals surface area contributed by atoms with Crippen molar-refractivity contribution in [3.63, 3.8) is 0 Å². The van der Waals surface area contributed by atoms with Crippen molar-refractivity contribution in [2.45, 2.75) is 0 Å². The van der Waals surface area contributed by atoms with Gasteiger partial charge in [-0.3, -0.25) is 0 Å². The summed E-state index contributed by atoms with van der Waals surface area (Å²) in [6, 6.07) is 24.9. The molecule has 0 saturated heterocycles. The van der Waals surface area contributed by atoms with Crippen molar-refractivity contribution in [2.24, 2.45) is 10.2 Å². The second kappa shape index (κ2) is 6.08. The summed E-state index contributed by atoms with van der Waals surface area (Å²) in [6.45, 7) is 0. The molecular weight excluding hydrogens is 395 g/mol. The summed E-state index contributed by atoms with van der Waals surface area (Å²) < 4.78 is 1.21. The molecular formula is C20H13IN2. The average molecular weight is 408 g/mol. The quantitative estimate of drug-likeness (QED) is 0.249. The molecule has 0 radical (unpaired) electrons. The highest BCUT2D eigenvalue weighted by molar-refractivity contribution is 14.1. The van der Waals surface area contributed by atoms with Crippen LogP contribution in [0.1, 0.15) is 16.7 Å². The van der Waals surface area contributed by atoms with E-state index in [1.807, 2.05) is 24.3 Å². The monoisotopic (exact) mass is 408 g/mol. The second-order valence-corrected chi connectivity index (χ2v) is 6.58. The van der Waals surface area contributed by atoms with E-state index in [-0.39, 0.29) is 0 Å². The van der Waals surface area contributed by atoms with E-state index < -0.39 is 0 Å². The molecule has 3 aromatic carbocycles. The van der Waals surface area contributed by atoms with Gasteiger partial charge in [0.2, 0.25) is 0 Å². The molecule has 23 heavy (non-hydrogen) atoms. The number of halogens is 1. The van der Waals surface area contributed by atoms with Crippen molar-refractivity contribution in [2.75, 3.05) is 0 Å². The highest BCUT2D eigenvalue weighted by atomic mass is 127. The number of fused-ring (bicyclic) bond motifs is 3. The van der Waals surface area contributed by atoms with Gasteiger partial charge in [-0.15, -0.1) is 5.10 Å². The minimum absolute atomic E-state index is 0.943. The van der Waals surface area contributed by atoms with E-state index in [0.29, 0.717) is 0 Å². The van der Waals surface area contributed by atoms with Crippen LogP contribution in [0.3, 0.4) is 0 Å². The van der Waals surface area contributed by atoms with E-state index in [2.05, 4.69) is 81.3 Å². The topological polar surface area (TPSA) is 24.7 Å².